The first-order valence-electron chi connectivity index (χ1n) is 11.9. The number of carbonyl (C=O) groups excluding carboxylic acids is 2. The molecule has 1 saturated heterocycles. The van der Waals surface area contributed by atoms with E-state index in [9.17, 15) is 9.59 Å². The maximum Gasteiger partial charge on any atom is 0.410 e. The molecule has 0 radical (unpaired) electrons. The normalized spacial score (nSPS) is 21.1. The number of benzene rings is 2. The van der Waals surface area contributed by atoms with Gasteiger partial charge in [-0.2, -0.15) is 0 Å². The monoisotopic (exact) mass is 479 g/mol. The maximum absolute atomic E-state index is 12.5. The molecule has 5 rings (SSSR count). The lowest BCUT2D eigenvalue weighted by molar-refractivity contribution is 0.0908. The van der Waals surface area contributed by atoms with E-state index in [2.05, 4.69) is 28.5 Å². The largest absolute Gasteiger partial charge is 0.494 e. The van der Waals surface area contributed by atoms with Gasteiger partial charge in [0.25, 0.3) is 5.91 Å². The molecule has 1 aliphatic carbocycles. The number of carbonyl (C=O) groups is 2. The topological polar surface area (TPSA) is 103 Å². The number of nitrogens with one attached hydrogen (secondary N) is 1. The molecule has 0 unspecified atom stereocenters. The predicted octanol–water partition coefficient (Wildman–Crippen LogP) is 4.01. The van der Waals surface area contributed by atoms with Crippen molar-refractivity contribution in [1.82, 2.24) is 15.2 Å². The minimum atomic E-state index is -0.392. The second-order valence-electron chi connectivity index (χ2n) is 9.00. The fourth-order valence-electron chi connectivity index (χ4n) is 5.04. The van der Waals surface area contributed by atoms with Crippen LogP contribution >= 0.6 is 0 Å². The van der Waals surface area contributed by atoms with Crippen molar-refractivity contribution in [3.8, 4) is 11.5 Å². The van der Waals surface area contributed by atoms with Gasteiger partial charge in [0.05, 0.1) is 12.7 Å². The molecule has 184 valence electrons. The Morgan fingerprint density at radius 2 is 1.80 bits per heavy atom. The third-order valence-corrected chi connectivity index (χ3v) is 6.69. The number of rotatable bonds is 7. The van der Waals surface area contributed by atoms with Crippen LogP contribution in [0.1, 0.15) is 36.1 Å². The zero-order valence-electron chi connectivity index (χ0n) is 19.9. The molecule has 3 atom stereocenters. The van der Waals surface area contributed by atoms with Gasteiger partial charge in [-0.1, -0.05) is 12.1 Å². The summed E-state index contributed by atoms with van der Waals surface area (Å²) >= 11 is 0. The van der Waals surface area contributed by atoms with Gasteiger partial charge >= 0.3 is 6.09 Å². The van der Waals surface area contributed by atoms with E-state index in [0.717, 1.165) is 35.1 Å². The van der Waals surface area contributed by atoms with Crippen LogP contribution in [0.25, 0.3) is 10.8 Å². The number of nitrogens with zero attached hydrogens (tertiary/aromatic N) is 2. The fraction of sp³-hybridized carbons (Fsp3) is 0.423. The van der Waals surface area contributed by atoms with E-state index in [1.54, 1.807) is 4.90 Å². The maximum atomic E-state index is 12.5. The van der Waals surface area contributed by atoms with Crippen molar-refractivity contribution in [2.45, 2.75) is 32.5 Å². The Hall–Kier alpha value is -3.75. The number of amides is 2. The van der Waals surface area contributed by atoms with Crippen LogP contribution in [0.15, 0.2) is 47.1 Å². The summed E-state index contributed by atoms with van der Waals surface area (Å²) in [5, 5.41) is 4.71. The molecule has 0 spiro atoms. The summed E-state index contributed by atoms with van der Waals surface area (Å²) in [4.78, 5) is 29.8. The Labute approximate surface area is 203 Å². The minimum absolute atomic E-state index is 0.111. The molecule has 1 aliphatic heterocycles. The lowest BCUT2D eigenvalue weighted by atomic mass is 10.0. The van der Waals surface area contributed by atoms with Crippen LogP contribution in [-0.4, -0.2) is 54.7 Å². The van der Waals surface area contributed by atoms with E-state index in [1.165, 1.54) is 13.3 Å². The van der Waals surface area contributed by atoms with Crippen molar-refractivity contribution in [3.05, 3.63) is 54.2 Å². The van der Waals surface area contributed by atoms with E-state index in [-0.39, 0.29) is 30.2 Å². The Morgan fingerprint density at radius 1 is 1.09 bits per heavy atom. The molecule has 1 saturated carbocycles. The van der Waals surface area contributed by atoms with E-state index in [4.69, 9.17) is 18.6 Å². The molecule has 35 heavy (non-hydrogen) atoms. The molecule has 9 heteroatoms. The number of fused-ring (bicyclic) bond motifs is 2. The highest BCUT2D eigenvalue weighted by Crippen LogP contribution is 2.40. The molecule has 2 aliphatic rings. The van der Waals surface area contributed by atoms with Crippen LogP contribution in [0.4, 0.5) is 4.79 Å². The summed E-state index contributed by atoms with van der Waals surface area (Å²) in [7, 11) is 1.51. The van der Waals surface area contributed by atoms with Gasteiger partial charge in [0.2, 0.25) is 5.89 Å². The lowest BCUT2D eigenvalue weighted by Gasteiger charge is -2.19. The molecular formula is C26H29N3O6. The highest BCUT2D eigenvalue weighted by molar-refractivity contribution is 5.91. The minimum Gasteiger partial charge on any atom is -0.494 e. The Kier molecular flexibility index (Phi) is 6.48. The summed E-state index contributed by atoms with van der Waals surface area (Å²) in [5.74, 6) is 2.32. The number of aromatic nitrogens is 1. The molecule has 9 nitrogen and oxygen atoms in total. The van der Waals surface area contributed by atoms with Crippen LogP contribution in [0, 0.1) is 11.8 Å². The van der Waals surface area contributed by atoms with E-state index < -0.39 is 6.09 Å². The van der Waals surface area contributed by atoms with Gasteiger partial charge in [-0.05, 0) is 66.6 Å². The predicted molar refractivity (Wildman–Crippen MR) is 127 cm³/mol. The summed E-state index contributed by atoms with van der Waals surface area (Å²) in [5.41, 5.74) is 0.154. The first kappa shape index (κ1) is 23.0. The molecule has 1 aromatic heterocycles. The van der Waals surface area contributed by atoms with Crippen molar-refractivity contribution in [3.63, 3.8) is 0 Å². The number of ether oxygens (including phenoxy) is 3. The molecular weight excluding hydrogens is 450 g/mol. The first-order valence-corrected chi connectivity index (χ1v) is 11.9. The standard InChI is InChI=1S/C26H29N3O6/c1-3-32-20-6-4-16-5-7-21(9-17(16)8-20)35-22-10-18-12-29(13-19(18)11-22)26(31)34-15-24-28-23(14-33-24)25(30)27-2/h4-9,14,18-19,22H,3,10-13,15H2,1-2H3,(H,27,30)/t18-,19+,22-. The average Bonchev–Trinajstić information content (AvgIpc) is 3.57. The van der Waals surface area contributed by atoms with Crippen molar-refractivity contribution in [2.75, 3.05) is 26.7 Å². The van der Waals surface area contributed by atoms with Gasteiger partial charge < -0.3 is 28.8 Å². The first-order chi connectivity index (χ1) is 17.0. The van der Waals surface area contributed by atoms with Crippen LogP contribution in [0.3, 0.4) is 0 Å². The number of oxazole rings is 1. The number of likely N-dealkylation sites (tertiary alicyclic amines) is 1. The van der Waals surface area contributed by atoms with Crippen LogP contribution in [0.2, 0.25) is 0 Å². The molecule has 2 amide bonds. The smallest absolute Gasteiger partial charge is 0.410 e. The van der Waals surface area contributed by atoms with Gasteiger partial charge in [-0.25, -0.2) is 9.78 Å². The van der Waals surface area contributed by atoms with E-state index in [0.29, 0.717) is 31.5 Å². The second-order valence-corrected chi connectivity index (χ2v) is 9.00. The lowest BCUT2D eigenvalue weighted by Crippen LogP contribution is -2.31. The molecule has 0 bridgehead atoms. The summed E-state index contributed by atoms with van der Waals surface area (Å²) in [6, 6.07) is 12.2. The summed E-state index contributed by atoms with van der Waals surface area (Å²) < 4.78 is 22.5. The molecule has 2 heterocycles. The van der Waals surface area contributed by atoms with Crippen molar-refractivity contribution in [2.24, 2.45) is 11.8 Å². The van der Waals surface area contributed by atoms with E-state index >= 15 is 0 Å². The van der Waals surface area contributed by atoms with Crippen LogP contribution in [-0.2, 0) is 11.3 Å². The third kappa shape index (κ3) is 5.03. The van der Waals surface area contributed by atoms with E-state index in [1.807, 2.05) is 25.1 Å². The molecule has 2 aromatic carbocycles. The fourth-order valence-corrected chi connectivity index (χ4v) is 5.04. The van der Waals surface area contributed by atoms with Gasteiger partial charge in [0.15, 0.2) is 12.3 Å². The quantitative estimate of drug-likeness (QED) is 0.546. The van der Waals surface area contributed by atoms with Crippen LogP contribution in [0.5, 0.6) is 11.5 Å². The molecule has 3 aromatic rings. The van der Waals surface area contributed by atoms with Gasteiger partial charge in [0.1, 0.15) is 17.8 Å². The molecule has 2 fully saturated rings. The Bertz CT molecular complexity index is 1210. The highest BCUT2D eigenvalue weighted by Gasteiger charge is 2.43. The number of hydrogen-bond acceptors (Lipinski definition) is 7. The zero-order chi connectivity index (χ0) is 24.4. The van der Waals surface area contributed by atoms with Gasteiger partial charge in [-0.15, -0.1) is 0 Å². The Balaban J connectivity index is 1.12. The third-order valence-electron chi connectivity index (χ3n) is 6.69. The van der Waals surface area contributed by atoms with Crippen molar-refractivity contribution >= 4 is 22.8 Å². The zero-order valence-corrected chi connectivity index (χ0v) is 19.9. The second kappa shape index (κ2) is 9.85. The summed E-state index contributed by atoms with van der Waals surface area (Å²) in [6.45, 7) is 3.79. The Morgan fingerprint density at radius 3 is 2.51 bits per heavy atom. The summed E-state index contributed by atoms with van der Waals surface area (Å²) in [6.07, 6.45) is 2.79. The molecule has 1 N–H and O–H groups in total. The van der Waals surface area contributed by atoms with Gasteiger partial charge in [0, 0.05) is 20.1 Å². The number of hydrogen-bond donors (Lipinski definition) is 1. The van der Waals surface area contributed by atoms with Crippen molar-refractivity contribution in [1.29, 1.82) is 0 Å². The SMILES string of the molecule is CCOc1ccc2ccc(O[C@@H]3C[C@@H]4CN(C(=O)OCc5nc(C(=O)NC)co5)C[C@@H]4C3)cc2c1. The highest BCUT2D eigenvalue weighted by atomic mass is 16.6. The van der Waals surface area contributed by atoms with Crippen LogP contribution < -0.4 is 14.8 Å². The average molecular weight is 480 g/mol. The van der Waals surface area contributed by atoms with Crippen molar-refractivity contribution < 1.29 is 28.2 Å². The van der Waals surface area contributed by atoms with Gasteiger partial charge in [-0.3, -0.25) is 4.79 Å².